The second-order valence-corrected chi connectivity index (χ2v) is 6.42. The third-order valence-electron chi connectivity index (χ3n) is 5.14. The summed E-state index contributed by atoms with van der Waals surface area (Å²) < 4.78 is 0. The SMILES string of the molecule is C1=CC(CCCC2c3ccccc3-c3ccccc32)CC1. The van der Waals surface area contributed by atoms with Crippen LogP contribution in [0.25, 0.3) is 11.1 Å². The molecule has 0 aliphatic heterocycles. The lowest BCUT2D eigenvalue weighted by molar-refractivity contribution is 0.521. The molecule has 0 heterocycles. The second kappa shape index (κ2) is 5.52. The van der Waals surface area contributed by atoms with Crippen molar-refractivity contribution in [2.75, 3.05) is 0 Å². The van der Waals surface area contributed by atoms with Gasteiger partial charge in [-0.3, -0.25) is 0 Å². The molecule has 0 N–H and O–H groups in total. The highest BCUT2D eigenvalue weighted by molar-refractivity contribution is 5.78. The molecule has 4 rings (SSSR count). The van der Waals surface area contributed by atoms with Crippen molar-refractivity contribution in [3.8, 4) is 11.1 Å². The minimum Gasteiger partial charge on any atom is -0.0882 e. The van der Waals surface area contributed by atoms with Crippen LogP contribution in [0.3, 0.4) is 0 Å². The summed E-state index contributed by atoms with van der Waals surface area (Å²) in [7, 11) is 0. The first-order valence-electron chi connectivity index (χ1n) is 8.28. The van der Waals surface area contributed by atoms with E-state index in [-0.39, 0.29) is 0 Å². The zero-order chi connectivity index (χ0) is 14.1. The van der Waals surface area contributed by atoms with Crippen LogP contribution in [0.4, 0.5) is 0 Å². The number of benzene rings is 2. The molecule has 1 atom stereocenters. The maximum atomic E-state index is 2.43. The quantitative estimate of drug-likeness (QED) is 0.606. The van der Waals surface area contributed by atoms with Gasteiger partial charge in [0.05, 0.1) is 0 Å². The van der Waals surface area contributed by atoms with E-state index >= 15 is 0 Å². The molecule has 0 radical (unpaired) electrons. The van der Waals surface area contributed by atoms with Crippen molar-refractivity contribution in [2.24, 2.45) is 5.92 Å². The van der Waals surface area contributed by atoms with E-state index in [1.165, 1.54) is 43.2 Å². The summed E-state index contributed by atoms with van der Waals surface area (Å²) in [5.41, 5.74) is 6.00. The first-order valence-corrected chi connectivity index (χ1v) is 8.28. The van der Waals surface area contributed by atoms with Crippen LogP contribution in [-0.2, 0) is 0 Å². The average Bonchev–Trinajstić information content (AvgIpc) is 3.15. The number of hydrogen-bond acceptors (Lipinski definition) is 0. The van der Waals surface area contributed by atoms with Gasteiger partial charge in [0, 0.05) is 5.92 Å². The Bertz CT molecular complexity index is 620. The molecule has 1 unspecified atom stereocenters. The van der Waals surface area contributed by atoms with Crippen LogP contribution in [0.1, 0.15) is 49.1 Å². The Hall–Kier alpha value is -1.82. The summed E-state index contributed by atoms with van der Waals surface area (Å²) in [5.74, 6) is 1.46. The fraction of sp³-hybridized carbons (Fsp3) is 0.333. The molecule has 2 aliphatic rings. The number of hydrogen-bond donors (Lipinski definition) is 0. The molecule has 0 saturated heterocycles. The maximum absolute atomic E-state index is 2.43. The Morgan fingerprint density at radius 2 is 1.48 bits per heavy atom. The minimum atomic E-state index is 0.614. The lowest BCUT2D eigenvalue weighted by atomic mass is 9.89. The largest absolute Gasteiger partial charge is 0.0882 e. The van der Waals surface area contributed by atoms with Gasteiger partial charge < -0.3 is 0 Å². The molecule has 0 heteroatoms. The van der Waals surface area contributed by atoms with Crippen LogP contribution in [0.15, 0.2) is 60.7 Å². The molecule has 0 fully saturated rings. The highest BCUT2D eigenvalue weighted by Gasteiger charge is 2.27. The van der Waals surface area contributed by atoms with Crippen molar-refractivity contribution >= 4 is 0 Å². The van der Waals surface area contributed by atoms with Crippen LogP contribution in [-0.4, -0.2) is 0 Å². The van der Waals surface area contributed by atoms with E-state index in [0.29, 0.717) is 5.92 Å². The normalized spacial score (nSPS) is 19.7. The summed E-state index contributed by atoms with van der Waals surface area (Å²) in [6, 6.07) is 17.9. The summed E-state index contributed by atoms with van der Waals surface area (Å²) in [4.78, 5) is 0. The van der Waals surface area contributed by atoms with Crippen LogP contribution >= 0.6 is 0 Å². The summed E-state index contributed by atoms with van der Waals surface area (Å²) in [6.45, 7) is 0. The lowest BCUT2D eigenvalue weighted by Gasteiger charge is -2.15. The molecule has 2 aromatic rings. The van der Waals surface area contributed by atoms with Gasteiger partial charge in [-0.1, -0.05) is 67.1 Å². The van der Waals surface area contributed by atoms with Gasteiger partial charge in [-0.05, 0) is 53.9 Å². The molecule has 2 aliphatic carbocycles. The van der Waals surface area contributed by atoms with Gasteiger partial charge in [-0.15, -0.1) is 0 Å². The van der Waals surface area contributed by atoms with Gasteiger partial charge in [-0.2, -0.15) is 0 Å². The van der Waals surface area contributed by atoms with Gasteiger partial charge in [0.15, 0.2) is 0 Å². The monoisotopic (exact) mass is 274 g/mol. The van der Waals surface area contributed by atoms with Crippen LogP contribution in [0.5, 0.6) is 0 Å². The first kappa shape index (κ1) is 12.9. The fourth-order valence-electron chi connectivity index (χ4n) is 4.09. The molecule has 0 bridgehead atoms. The van der Waals surface area contributed by atoms with Gasteiger partial charge in [-0.25, -0.2) is 0 Å². The van der Waals surface area contributed by atoms with Crippen molar-refractivity contribution in [2.45, 2.75) is 38.0 Å². The van der Waals surface area contributed by atoms with E-state index in [1.807, 2.05) is 0 Å². The fourth-order valence-corrected chi connectivity index (χ4v) is 4.09. The second-order valence-electron chi connectivity index (χ2n) is 6.42. The third kappa shape index (κ3) is 2.33. The standard InChI is InChI=1S/C21H22/c1-2-9-16(8-1)10-7-15-21-19-13-5-3-11-17(19)18-12-4-6-14-20(18)21/h1,3-6,8,11-14,16,21H,2,7,9-10,15H2. The molecule has 0 nitrogen and oxygen atoms in total. The number of rotatable bonds is 4. The Labute approximate surface area is 127 Å². The molecule has 0 spiro atoms. The Morgan fingerprint density at radius 3 is 2.10 bits per heavy atom. The van der Waals surface area contributed by atoms with Crippen LogP contribution in [0.2, 0.25) is 0 Å². The Morgan fingerprint density at radius 1 is 0.810 bits per heavy atom. The summed E-state index contributed by atoms with van der Waals surface area (Å²) >= 11 is 0. The summed E-state index contributed by atoms with van der Waals surface area (Å²) in [6.07, 6.45) is 11.4. The third-order valence-corrected chi connectivity index (χ3v) is 5.14. The van der Waals surface area contributed by atoms with Crippen molar-refractivity contribution in [3.63, 3.8) is 0 Å². The first-order chi connectivity index (χ1) is 10.4. The van der Waals surface area contributed by atoms with E-state index in [1.54, 1.807) is 11.1 Å². The topological polar surface area (TPSA) is 0 Å². The molecule has 2 aromatic carbocycles. The molecule has 106 valence electrons. The van der Waals surface area contributed by atoms with Crippen molar-refractivity contribution in [3.05, 3.63) is 71.8 Å². The minimum absolute atomic E-state index is 0.614. The van der Waals surface area contributed by atoms with E-state index in [0.717, 1.165) is 5.92 Å². The molecular weight excluding hydrogens is 252 g/mol. The predicted octanol–water partition coefficient (Wildman–Crippen LogP) is 5.94. The summed E-state index contributed by atoms with van der Waals surface area (Å²) in [5, 5.41) is 0. The highest BCUT2D eigenvalue weighted by Crippen LogP contribution is 2.46. The highest BCUT2D eigenvalue weighted by atomic mass is 14.3. The van der Waals surface area contributed by atoms with E-state index < -0.39 is 0 Å². The van der Waals surface area contributed by atoms with Crippen molar-refractivity contribution in [1.82, 2.24) is 0 Å². The molecule has 0 amide bonds. The molecule has 21 heavy (non-hydrogen) atoms. The number of allylic oxidation sites excluding steroid dienone is 2. The predicted molar refractivity (Wildman–Crippen MR) is 89.4 cm³/mol. The van der Waals surface area contributed by atoms with Crippen LogP contribution in [0, 0.1) is 5.92 Å². The van der Waals surface area contributed by atoms with E-state index in [2.05, 4.69) is 60.7 Å². The Balaban J connectivity index is 1.55. The van der Waals surface area contributed by atoms with Gasteiger partial charge in [0.1, 0.15) is 0 Å². The zero-order valence-electron chi connectivity index (χ0n) is 12.5. The number of fused-ring (bicyclic) bond motifs is 3. The van der Waals surface area contributed by atoms with Crippen LogP contribution < -0.4 is 0 Å². The molecule has 0 aromatic heterocycles. The average molecular weight is 274 g/mol. The van der Waals surface area contributed by atoms with Gasteiger partial charge in [0.25, 0.3) is 0 Å². The van der Waals surface area contributed by atoms with Gasteiger partial charge in [0.2, 0.25) is 0 Å². The maximum Gasteiger partial charge on any atom is 0.0102 e. The van der Waals surface area contributed by atoms with Crippen molar-refractivity contribution < 1.29 is 0 Å². The molecular formula is C21H22. The Kier molecular flexibility index (Phi) is 3.39. The van der Waals surface area contributed by atoms with Crippen molar-refractivity contribution in [1.29, 1.82) is 0 Å². The lowest BCUT2D eigenvalue weighted by Crippen LogP contribution is -1.99. The van der Waals surface area contributed by atoms with Gasteiger partial charge >= 0.3 is 0 Å². The van der Waals surface area contributed by atoms with E-state index in [4.69, 9.17) is 0 Å². The van der Waals surface area contributed by atoms with E-state index in [9.17, 15) is 0 Å². The zero-order valence-corrected chi connectivity index (χ0v) is 12.5. The molecule has 0 saturated carbocycles. The smallest absolute Gasteiger partial charge is 0.0102 e.